The van der Waals surface area contributed by atoms with Gasteiger partial charge in [0, 0.05) is 45.4 Å². The normalized spacial score (nSPS) is 32.2. The molecule has 152 valence electrons. The van der Waals surface area contributed by atoms with Crippen molar-refractivity contribution in [2.45, 2.75) is 70.2 Å². The van der Waals surface area contributed by atoms with Gasteiger partial charge >= 0.3 is 0 Å². The van der Waals surface area contributed by atoms with Crippen molar-refractivity contribution in [1.82, 2.24) is 15.1 Å². The number of nitrogens with zero attached hydrogens (tertiary/aromatic N) is 3. The maximum atomic E-state index is 5.96. The molecule has 0 bridgehead atoms. The van der Waals surface area contributed by atoms with E-state index in [1.165, 1.54) is 25.8 Å². The van der Waals surface area contributed by atoms with Gasteiger partial charge in [-0.1, -0.05) is 6.42 Å². The van der Waals surface area contributed by atoms with E-state index in [1.54, 1.807) is 0 Å². The Balaban J connectivity index is 0.00000243. The highest BCUT2D eigenvalue weighted by molar-refractivity contribution is 14.0. The summed E-state index contributed by atoms with van der Waals surface area (Å²) >= 11 is 0. The largest absolute Gasteiger partial charge is 0.375 e. The molecule has 6 nitrogen and oxygen atoms in total. The van der Waals surface area contributed by atoms with Gasteiger partial charge in [-0.25, -0.2) is 0 Å². The smallest absolute Gasteiger partial charge is 0.193 e. The first-order valence-corrected chi connectivity index (χ1v) is 10.1. The van der Waals surface area contributed by atoms with Crippen LogP contribution in [0.3, 0.4) is 0 Å². The van der Waals surface area contributed by atoms with Crippen LogP contribution in [0.1, 0.15) is 46.0 Å². The molecule has 0 amide bonds. The number of ether oxygens (including phenoxy) is 2. The first-order valence-electron chi connectivity index (χ1n) is 10.1. The van der Waals surface area contributed by atoms with Crippen LogP contribution in [0.25, 0.3) is 0 Å². The van der Waals surface area contributed by atoms with Crippen LogP contribution in [-0.4, -0.2) is 86.5 Å². The molecule has 0 aromatic rings. The Morgan fingerprint density at radius 3 is 2.62 bits per heavy atom. The predicted octanol–water partition coefficient (Wildman–Crippen LogP) is 2.32. The molecule has 1 N–H and O–H groups in total. The van der Waals surface area contributed by atoms with Crippen molar-refractivity contribution in [2.75, 3.05) is 46.4 Å². The summed E-state index contributed by atoms with van der Waals surface area (Å²) in [5.41, 5.74) is 0. The molecular weight excluding hydrogens is 443 g/mol. The number of hydrogen-bond acceptors (Lipinski definition) is 4. The van der Waals surface area contributed by atoms with Crippen molar-refractivity contribution in [2.24, 2.45) is 4.99 Å². The summed E-state index contributed by atoms with van der Waals surface area (Å²) in [5, 5.41) is 3.61. The molecule has 0 spiro atoms. The fraction of sp³-hybridized carbons (Fsp3) is 0.947. The average molecular weight is 480 g/mol. The topological polar surface area (TPSA) is 49.3 Å². The van der Waals surface area contributed by atoms with Gasteiger partial charge in [0.1, 0.15) is 6.10 Å². The number of likely N-dealkylation sites (tertiary alicyclic amines) is 1. The SMILES string of the molecule is CN=C(NCC(C)N1CCCCC1C)N1CCOC(C2CCCO2)C1.I. The van der Waals surface area contributed by atoms with E-state index >= 15 is 0 Å². The lowest BCUT2D eigenvalue weighted by molar-refractivity contribution is -0.0817. The standard InChI is InChI=1S/C19H36N4O2.HI/c1-15-7-4-5-9-23(15)16(2)13-21-19(20-3)22-10-12-25-18(14-22)17-8-6-11-24-17;/h15-18H,4-14H2,1-3H3,(H,20,21);1H. The molecular formula is C19H37IN4O2. The molecule has 0 saturated carbocycles. The summed E-state index contributed by atoms with van der Waals surface area (Å²) in [7, 11) is 1.88. The molecule has 26 heavy (non-hydrogen) atoms. The predicted molar refractivity (Wildman–Crippen MR) is 117 cm³/mol. The van der Waals surface area contributed by atoms with Gasteiger partial charge in [0.2, 0.25) is 0 Å². The summed E-state index contributed by atoms with van der Waals surface area (Å²) in [4.78, 5) is 9.50. The number of guanidine groups is 1. The van der Waals surface area contributed by atoms with E-state index in [0.717, 1.165) is 51.6 Å². The van der Waals surface area contributed by atoms with Gasteiger partial charge in [-0.15, -0.1) is 24.0 Å². The quantitative estimate of drug-likeness (QED) is 0.380. The van der Waals surface area contributed by atoms with Crippen molar-refractivity contribution >= 4 is 29.9 Å². The summed E-state index contributed by atoms with van der Waals surface area (Å²) in [6.07, 6.45) is 6.74. The van der Waals surface area contributed by atoms with Gasteiger partial charge < -0.3 is 19.7 Å². The molecule has 3 rings (SSSR count). The van der Waals surface area contributed by atoms with Gasteiger partial charge in [0.25, 0.3) is 0 Å². The third-order valence-corrected chi connectivity index (χ3v) is 5.96. The van der Waals surface area contributed by atoms with Crippen LogP contribution in [0.4, 0.5) is 0 Å². The maximum Gasteiger partial charge on any atom is 0.193 e. The van der Waals surface area contributed by atoms with Crippen LogP contribution in [0.15, 0.2) is 4.99 Å². The number of hydrogen-bond donors (Lipinski definition) is 1. The van der Waals surface area contributed by atoms with Crippen LogP contribution in [0, 0.1) is 0 Å². The lowest BCUT2D eigenvalue weighted by Gasteiger charge is -2.40. The minimum atomic E-state index is 0. The Labute approximate surface area is 176 Å². The van der Waals surface area contributed by atoms with E-state index in [0.29, 0.717) is 12.1 Å². The summed E-state index contributed by atoms with van der Waals surface area (Å²) in [6.45, 7) is 10.3. The van der Waals surface area contributed by atoms with Gasteiger partial charge in [-0.2, -0.15) is 0 Å². The number of aliphatic imine (C=N–C) groups is 1. The highest BCUT2D eigenvalue weighted by Gasteiger charge is 2.32. The lowest BCUT2D eigenvalue weighted by Crippen LogP contribution is -2.55. The van der Waals surface area contributed by atoms with E-state index in [4.69, 9.17) is 9.47 Å². The average Bonchev–Trinajstić information content (AvgIpc) is 3.17. The Bertz CT molecular complexity index is 445. The summed E-state index contributed by atoms with van der Waals surface area (Å²) in [5.74, 6) is 1.00. The molecule has 3 aliphatic heterocycles. The van der Waals surface area contributed by atoms with Crippen molar-refractivity contribution in [3.63, 3.8) is 0 Å². The zero-order chi connectivity index (χ0) is 17.6. The van der Waals surface area contributed by atoms with Crippen molar-refractivity contribution in [3.05, 3.63) is 0 Å². The minimum Gasteiger partial charge on any atom is -0.375 e. The van der Waals surface area contributed by atoms with E-state index in [-0.39, 0.29) is 36.2 Å². The molecule has 7 heteroatoms. The third kappa shape index (κ3) is 5.69. The highest BCUT2D eigenvalue weighted by atomic mass is 127. The number of halogens is 1. The van der Waals surface area contributed by atoms with Gasteiger partial charge in [0.15, 0.2) is 5.96 Å². The molecule has 3 heterocycles. The number of morpholine rings is 1. The molecule has 0 aromatic heterocycles. The maximum absolute atomic E-state index is 5.96. The Morgan fingerprint density at radius 2 is 1.92 bits per heavy atom. The van der Waals surface area contributed by atoms with E-state index in [9.17, 15) is 0 Å². The van der Waals surface area contributed by atoms with Crippen molar-refractivity contribution < 1.29 is 9.47 Å². The number of nitrogens with one attached hydrogen (secondary N) is 1. The van der Waals surface area contributed by atoms with E-state index < -0.39 is 0 Å². The second-order valence-corrected chi connectivity index (χ2v) is 7.77. The molecule has 0 radical (unpaired) electrons. The van der Waals surface area contributed by atoms with Crippen molar-refractivity contribution in [1.29, 1.82) is 0 Å². The molecule has 3 saturated heterocycles. The summed E-state index contributed by atoms with van der Waals surface area (Å²) < 4.78 is 11.8. The van der Waals surface area contributed by atoms with Crippen LogP contribution in [0.2, 0.25) is 0 Å². The molecule has 4 atom stereocenters. The van der Waals surface area contributed by atoms with Crippen molar-refractivity contribution in [3.8, 4) is 0 Å². The fourth-order valence-corrected chi connectivity index (χ4v) is 4.45. The minimum absolute atomic E-state index is 0. The summed E-state index contributed by atoms with van der Waals surface area (Å²) in [6, 6.07) is 1.22. The zero-order valence-electron chi connectivity index (χ0n) is 16.7. The molecule has 4 unspecified atom stereocenters. The van der Waals surface area contributed by atoms with Gasteiger partial charge in [-0.3, -0.25) is 9.89 Å². The number of rotatable bonds is 4. The Hall–Kier alpha value is -0.120. The van der Waals surface area contributed by atoms with Crippen LogP contribution in [-0.2, 0) is 9.47 Å². The monoisotopic (exact) mass is 480 g/mol. The highest BCUT2D eigenvalue weighted by Crippen LogP contribution is 2.21. The number of piperidine rings is 1. The van der Waals surface area contributed by atoms with Gasteiger partial charge in [0.05, 0.1) is 12.7 Å². The van der Waals surface area contributed by atoms with Crippen LogP contribution in [0.5, 0.6) is 0 Å². The van der Waals surface area contributed by atoms with Gasteiger partial charge in [-0.05, 0) is 46.1 Å². The second kappa shape index (κ2) is 11.0. The first-order chi connectivity index (χ1) is 12.2. The molecule has 0 aliphatic carbocycles. The second-order valence-electron chi connectivity index (χ2n) is 7.77. The fourth-order valence-electron chi connectivity index (χ4n) is 4.45. The van der Waals surface area contributed by atoms with E-state index in [2.05, 4.69) is 34.0 Å². The van der Waals surface area contributed by atoms with Crippen LogP contribution < -0.4 is 5.32 Å². The Kier molecular flexibility index (Phi) is 9.40. The molecule has 3 aliphatic rings. The third-order valence-electron chi connectivity index (χ3n) is 5.96. The first kappa shape index (κ1) is 22.2. The zero-order valence-corrected chi connectivity index (χ0v) is 19.0. The molecule has 3 fully saturated rings. The lowest BCUT2D eigenvalue weighted by atomic mass is 10.0. The van der Waals surface area contributed by atoms with Crippen LogP contribution >= 0.6 is 24.0 Å². The molecule has 0 aromatic carbocycles. The van der Waals surface area contributed by atoms with E-state index in [1.807, 2.05) is 7.05 Å². The Morgan fingerprint density at radius 1 is 1.12 bits per heavy atom.